The molecule has 2 N–H and O–H groups in total. The molecule has 0 saturated heterocycles. The van der Waals surface area contributed by atoms with Gasteiger partial charge in [-0.25, -0.2) is 14.6 Å². The van der Waals surface area contributed by atoms with Crippen LogP contribution in [0.2, 0.25) is 5.02 Å². The lowest BCUT2D eigenvalue weighted by Gasteiger charge is -2.13. The van der Waals surface area contributed by atoms with E-state index in [1.807, 2.05) is 0 Å². The zero-order valence-corrected chi connectivity index (χ0v) is 19.8. The van der Waals surface area contributed by atoms with E-state index >= 15 is 0 Å². The smallest absolute Gasteiger partial charge is 0.434 e. The third-order valence-electron chi connectivity index (χ3n) is 5.14. The summed E-state index contributed by atoms with van der Waals surface area (Å²) in [6.45, 7) is 2.02. The molecular weight excluding hydrogens is 517 g/mol. The first-order valence-electron chi connectivity index (χ1n) is 10.3. The lowest BCUT2D eigenvalue weighted by atomic mass is 10.1. The summed E-state index contributed by atoms with van der Waals surface area (Å²) in [7, 11) is 1.55. The Morgan fingerprint density at radius 1 is 1.00 bits per heavy atom. The molecule has 0 atom stereocenters. The molecule has 0 unspecified atom stereocenters. The van der Waals surface area contributed by atoms with Crippen LogP contribution in [0.4, 0.5) is 27.8 Å². The highest BCUT2D eigenvalue weighted by molar-refractivity contribution is 6.32. The standard InChI is InChI=1S/C24H17ClF5N5O.CH4/c1-12-10-14(5-4-13-6-8-15(36-3)9-7-13)11-16(25)18(12)35-20(31)17-19(24(28,29)30)32-22(23(2,26)27)33-21(17)34-35;/h6-11H,31H2,1-3H3;1H4. The zero-order valence-electron chi connectivity index (χ0n) is 19.0. The summed E-state index contributed by atoms with van der Waals surface area (Å²) in [6.07, 6.45) is -5.08. The number of nitrogens with zero attached hydrogens (tertiary/aromatic N) is 4. The molecule has 0 aliphatic heterocycles. The van der Waals surface area contributed by atoms with Gasteiger partial charge < -0.3 is 10.5 Å². The number of alkyl halides is 5. The van der Waals surface area contributed by atoms with E-state index in [9.17, 15) is 22.0 Å². The molecule has 12 heteroatoms. The van der Waals surface area contributed by atoms with Crippen molar-refractivity contribution in [1.29, 1.82) is 0 Å². The van der Waals surface area contributed by atoms with Gasteiger partial charge in [0.1, 0.15) is 11.6 Å². The number of ether oxygens (including phenoxy) is 1. The number of fused-ring (bicyclic) bond motifs is 1. The number of nitrogens with two attached hydrogens (primary N) is 1. The maximum atomic E-state index is 13.8. The van der Waals surface area contributed by atoms with Crippen LogP contribution in [0.5, 0.6) is 5.75 Å². The van der Waals surface area contributed by atoms with E-state index < -0.39 is 40.5 Å². The van der Waals surface area contributed by atoms with Gasteiger partial charge in [-0.15, -0.1) is 5.10 Å². The predicted octanol–water partition coefficient (Wildman–Crippen LogP) is 6.53. The van der Waals surface area contributed by atoms with Crippen molar-refractivity contribution >= 4 is 28.5 Å². The van der Waals surface area contributed by atoms with Gasteiger partial charge in [-0.05, 0) is 48.9 Å². The van der Waals surface area contributed by atoms with Crippen molar-refractivity contribution < 1.29 is 26.7 Å². The van der Waals surface area contributed by atoms with Gasteiger partial charge in [0.15, 0.2) is 11.3 Å². The van der Waals surface area contributed by atoms with Crippen LogP contribution in [0.25, 0.3) is 16.7 Å². The Bertz CT molecular complexity index is 1510. The van der Waals surface area contributed by atoms with Crippen LogP contribution >= 0.6 is 11.6 Å². The average molecular weight is 538 g/mol. The van der Waals surface area contributed by atoms with Crippen LogP contribution in [-0.4, -0.2) is 26.9 Å². The maximum Gasteiger partial charge on any atom is 0.434 e. The van der Waals surface area contributed by atoms with Crippen molar-refractivity contribution in [2.75, 3.05) is 12.8 Å². The van der Waals surface area contributed by atoms with Crippen LogP contribution in [0.15, 0.2) is 36.4 Å². The van der Waals surface area contributed by atoms with Crippen molar-refractivity contribution in [3.8, 4) is 23.3 Å². The lowest BCUT2D eigenvalue weighted by Crippen LogP contribution is -2.18. The second kappa shape index (κ2) is 9.86. The number of nitrogen functional groups attached to an aromatic ring is 1. The van der Waals surface area contributed by atoms with E-state index in [0.717, 1.165) is 10.2 Å². The SMILES string of the molecule is C.COc1ccc(C#Cc2cc(C)c(-n3nc4nc(C(C)(F)F)nc(C(F)(F)F)c4c3N)c(Cl)c2)cc1. The second-order valence-corrected chi connectivity index (χ2v) is 8.29. The van der Waals surface area contributed by atoms with Crippen molar-refractivity contribution in [3.05, 3.63) is 69.6 Å². The van der Waals surface area contributed by atoms with Gasteiger partial charge in [-0.1, -0.05) is 30.9 Å². The molecule has 0 amide bonds. The summed E-state index contributed by atoms with van der Waals surface area (Å²) in [4.78, 5) is 6.59. The fourth-order valence-corrected chi connectivity index (χ4v) is 3.83. The van der Waals surface area contributed by atoms with Crippen molar-refractivity contribution in [2.45, 2.75) is 33.4 Å². The lowest BCUT2D eigenvalue weighted by molar-refractivity contribution is -0.140. The first-order valence-corrected chi connectivity index (χ1v) is 10.7. The van der Waals surface area contributed by atoms with Crippen molar-refractivity contribution in [1.82, 2.24) is 19.7 Å². The number of rotatable bonds is 3. The number of anilines is 1. The third kappa shape index (κ3) is 5.44. The van der Waals surface area contributed by atoms with Crippen molar-refractivity contribution in [2.24, 2.45) is 0 Å². The number of hydrogen-bond acceptors (Lipinski definition) is 5. The number of aromatic nitrogens is 4. The van der Waals surface area contributed by atoms with Crippen LogP contribution in [0.1, 0.15) is 42.6 Å². The number of benzene rings is 2. The van der Waals surface area contributed by atoms with Gasteiger partial charge in [0.05, 0.1) is 23.2 Å². The molecule has 2 aromatic carbocycles. The Kier molecular flexibility index (Phi) is 7.37. The molecule has 0 spiro atoms. The second-order valence-electron chi connectivity index (χ2n) is 7.88. The third-order valence-corrected chi connectivity index (χ3v) is 5.43. The molecule has 0 fully saturated rings. The first-order chi connectivity index (χ1) is 16.8. The molecule has 0 aliphatic carbocycles. The number of hydrogen-bond donors (Lipinski definition) is 1. The van der Waals surface area contributed by atoms with Crippen LogP contribution in [0, 0.1) is 18.8 Å². The minimum absolute atomic E-state index is 0. The fraction of sp³-hybridized carbons (Fsp3) is 0.240. The highest BCUT2D eigenvalue weighted by atomic mass is 35.5. The molecule has 2 heterocycles. The summed E-state index contributed by atoms with van der Waals surface area (Å²) in [5, 5.41) is 3.35. The molecular formula is C25H21ClF5N5O. The number of halogens is 6. The highest BCUT2D eigenvalue weighted by Gasteiger charge is 2.41. The van der Waals surface area contributed by atoms with Crippen molar-refractivity contribution in [3.63, 3.8) is 0 Å². The number of methoxy groups -OCH3 is 1. The predicted molar refractivity (Wildman–Crippen MR) is 131 cm³/mol. The molecule has 2 aromatic heterocycles. The average Bonchev–Trinajstić information content (AvgIpc) is 3.11. The normalized spacial score (nSPS) is 11.6. The summed E-state index contributed by atoms with van der Waals surface area (Å²) in [6, 6.07) is 10.2. The Labute approximate surface area is 214 Å². The largest absolute Gasteiger partial charge is 0.497 e. The maximum absolute atomic E-state index is 13.8. The van der Waals surface area contributed by atoms with E-state index in [2.05, 4.69) is 26.9 Å². The van der Waals surface area contributed by atoms with Gasteiger partial charge in [0.2, 0.25) is 5.82 Å². The molecule has 0 bridgehead atoms. The van der Waals surface area contributed by atoms with Crippen LogP contribution < -0.4 is 10.5 Å². The van der Waals surface area contributed by atoms with E-state index in [1.54, 1.807) is 44.4 Å². The summed E-state index contributed by atoms with van der Waals surface area (Å²) >= 11 is 6.44. The van der Waals surface area contributed by atoms with E-state index in [-0.39, 0.29) is 18.1 Å². The summed E-state index contributed by atoms with van der Waals surface area (Å²) in [5.74, 6) is 1.07. The Hall–Kier alpha value is -3.91. The highest BCUT2D eigenvalue weighted by Crippen LogP contribution is 2.39. The van der Waals surface area contributed by atoms with E-state index in [0.29, 0.717) is 23.8 Å². The monoisotopic (exact) mass is 537 g/mol. The minimum Gasteiger partial charge on any atom is -0.497 e. The zero-order chi connectivity index (χ0) is 26.4. The van der Waals surface area contributed by atoms with Gasteiger partial charge >= 0.3 is 12.1 Å². The topological polar surface area (TPSA) is 78.8 Å². The molecule has 0 radical (unpaired) electrons. The van der Waals surface area contributed by atoms with Gasteiger partial charge in [0, 0.05) is 18.1 Å². The number of aryl methyl sites for hydroxylation is 1. The summed E-state index contributed by atoms with van der Waals surface area (Å²) in [5.41, 5.74) is 5.63. The van der Waals surface area contributed by atoms with E-state index in [4.69, 9.17) is 22.1 Å². The molecule has 4 aromatic rings. The Morgan fingerprint density at radius 3 is 2.16 bits per heavy atom. The van der Waals surface area contributed by atoms with Gasteiger partial charge in [-0.2, -0.15) is 22.0 Å². The first kappa shape index (κ1) is 27.7. The quantitative estimate of drug-likeness (QED) is 0.237. The molecule has 37 heavy (non-hydrogen) atoms. The minimum atomic E-state index is -5.08. The van der Waals surface area contributed by atoms with Crippen LogP contribution in [0.3, 0.4) is 0 Å². The molecule has 194 valence electrons. The molecule has 0 saturated carbocycles. The van der Waals surface area contributed by atoms with Gasteiger partial charge in [-0.3, -0.25) is 0 Å². The van der Waals surface area contributed by atoms with Gasteiger partial charge in [0.25, 0.3) is 0 Å². The van der Waals surface area contributed by atoms with E-state index in [1.165, 1.54) is 6.07 Å². The summed E-state index contributed by atoms with van der Waals surface area (Å²) < 4.78 is 74.7. The molecule has 6 nitrogen and oxygen atoms in total. The Balaban J connectivity index is 0.00000380. The Morgan fingerprint density at radius 2 is 1.62 bits per heavy atom. The molecule has 4 rings (SSSR count). The van der Waals surface area contributed by atoms with Crippen LogP contribution in [-0.2, 0) is 12.1 Å². The molecule has 0 aliphatic rings. The fourth-order valence-electron chi connectivity index (χ4n) is 3.48.